The molecule has 0 radical (unpaired) electrons. The molecule has 100 valence electrons. The van der Waals surface area contributed by atoms with Gasteiger partial charge >= 0.3 is 0 Å². The monoisotopic (exact) mass is 258 g/mol. The fourth-order valence-electron chi connectivity index (χ4n) is 1.69. The zero-order valence-electron chi connectivity index (χ0n) is 10.3. The first-order valence-corrected chi connectivity index (χ1v) is 5.82. The third-order valence-electron chi connectivity index (χ3n) is 2.83. The van der Waals surface area contributed by atoms with Crippen LogP contribution in [0.4, 0.5) is 20.2 Å². The Morgan fingerprint density at radius 1 is 1.33 bits per heavy atom. The van der Waals surface area contributed by atoms with Crippen molar-refractivity contribution >= 4 is 11.4 Å². The van der Waals surface area contributed by atoms with Gasteiger partial charge < -0.3 is 5.32 Å². The molecule has 0 aliphatic carbocycles. The van der Waals surface area contributed by atoms with E-state index in [0.29, 0.717) is 0 Å². The van der Waals surface area contributed by atoms with Gasteiger partial charge in [-0.25, -0.2) is 8.78 Å². The Kier molecular flexibility index (Phi) is 5.00. The van der Waals surface area contributed by atoms with Crippen molar-refractivity contribution in [3.63, 3.8) is 0 Å². The summed E-state index contributed by atoms with van der Waals surface area (Å²) in [6.07, 6.45) is -1.13. The van der Waals surface area contributed by atoms with E-state index in [1.807, 2.05) is 13.8 Å². The van der Waals surface area contributed by atoms with Crippen molar-refractivity contribution in [2.75, 3.05) is 5.32 Å². The molecule has 1 aromatic rings. The first-order chi connectivity index (χ1) is 8.49. The second kappa shape index (κ2) is 6.28. The number of anilines is 1. The summed E-state index contributed by atoms with van der Waals surface area (Å²) in [6.45, 7) is 3.91. The lowest BCUT2D eigenvalue weighted by Crippen LogP contribution is -2.18. The van der Waals surface area contributed by atoms with Crippen LogP contribution in [-0.4, -0.2) is 11.0 Å². The first-order valence-electron chi connectivity index (χ1n) is 5.82. The van der Waals surface area contributed by atoms with E-state index in [9.17, 15) is 18.9 Å². The van der Waals surface area contributed by atoms with E-state index in [-0.39, 0.29) is 23.0 Å². The summed E-state index contributed by atoms with van der Waals surface area (Å²) in [5.41, 5.74) is -0.374. The third-order valence-corrected chi connectivity index (χ3v) is 2.83. The smallest absolute Gasteiger partial charge is 0.270 e. The van der Waals surface area contributed by atoms with Gasteiger partial charge in [-0.15, -0.1) is 0 Å². The van der Waals surface area contributed by atoms with Gasteiger partial charge in [0.15, 0.2) is 0 Å². The van der Waals surface area contributed by atoms with Crippen LogP contribution in [-0.2, 0) is 0 Å². The number of alkyl halides is 2. The van der Waals surface area contributed by atoms with Crippen molar-refractivity contribution in [1.29, 1.82) is 0 Å². The molecule has 1 aromatic carbocycles. The largest absolute Gasteiger partial charge is 0.382 e. The predicted octanol–water partition coefficient (Wildman–Crippen LogP) is 4.13. The van der Waals surface area contributed by atoms with E-state index in [1.54, 1.807) is 0 Å². The molecule has 1 N–H and O–H groups in total. The highest BCUT2D eigenvalue weighted by Gasteiger charge is 2.19. The number of rotatable bonds is 6. The van der Waals surface area contributed by atoms with Crippen molar-refractivity contribution in [3.8, 4) is 0 Å². The van der Waals surface area contributed by atoms with Gasteiger partial charge in [0, 0.05) is 29.4 Å². The topological polar surface area (TPSA) is 55.2 Å². The van der Waals surface area contributed by atoms with E-state index < -0.39 is 11.3 Å². The van der Waals surface area contributed by atoms with Gasteiger partial charge in [-0.1, -0.05) is 13.8 Å². The molecule has 4 nitrogen and oxygen atoms in total. The summed E-state index contributed by atoms with van der Waals surface area (Å²) in [5.74, 6) is 0. The Bertz CT molecular complexity index is 421. The molecule has 0 saturated heterocycles. The van der Waals surface area contributed by atoms with Crippen LogP contribution in [0.3, 0.4) is 0 Å². The normalized spacial score (nSPS) is 11.0. The van der Waals surface area contributed by atoms with Crippen molar-refractivity contribution in [2.45, 2.75) is 39.2 Å². The highest BCUT2D eigenvalue weighted by Crippen LogP contribution is 2.31. The number of non-ortho nitro benzene ring substituents is 1. The minimum absolute atomic E-state index is 0.0870. The molecule has 0 aromatic heterocycles. The number of hydrogen-bond donors (Lipinski definition) is 1. The van der Waals surface area contributed by atoms with E-state index in [2.05, 4.69) is 5.32 Å². The predicted molar refractivity (Wildman–Crippen MR) is 66.0 cm³/mol. The van der Waals surface area contributed by atoms with Crippen LogP contribution in [0.15, 0.2) is 18.2 Å². The maximum atomic E-state index is 12.9. The van der Waals surface area contributed by atoms with Gasteiger partial charge in [-0.3, -0.25) is 10.1 Å². The second-order valence-electron chi connectivity index (χ2n) is 3.99. The molecule has 0 aliphatic rings. The highest BCUT2D eigenvalue weighted by atomic mass is 19.3. The van der Waals surface area contributed by atoms with E-state index in [0.717, 1.165) is 18.9 Å². The molecular formula is C12H16F2N2O2. The van der Waals surface area contributed by atoms with Gasteiger partial charge in [0.2, 0.25) is 0 Å². The van der Waals surface area contributed by atoms with E-state index >= 15 is 0 Å². The maximum Gasteiger partial charge on any atom is 0.270 e. The Balaban J connectivity index is 3.07. The maximum absolute atomic E-state index is 12.9. The minimum atomic E-state index is -2.73. The molecule has 18 heavy (non-hydrogen) atoms. The van der Waals surface area contributed by atoms with Gasteiger partial charge in [-0.2, -0.15) is 0 Å². The van der Waals surface area contributed by atoms with Gasteiger partial charge in [0.25, 0.3) is 12.1 Å². The molecule has 0 atom stereocenters. The molecule has 0 spiro atoms. The Hall–Kier alpha value is -1.72. The fourth-order valence-corrected chi connectivity index (χ4v) is 1.69. The van der Waals surface area contributed by atoms with Crippen LogP contribution in [0.1, 0.15) is 38.7 Å². The SMILES string of the molecule is CCC(CC)Nc1ccc([N+](=O)[O-])cc1C(F)F. The van der Waals surface area contributed by atoms with E-state index in [4.69, 9.17) is 0 Å². The van der Waals surface area contributed by atoms with E-state index in [1.165, 1.54) is 12.1 Å². The zero-order valence-corrected chi connectivity index (χ0v) is 10.3. The number of benzene rings is 1. The van der Waals surface area contributed by atoms with Crippen LogP contribution < -0.4 is 5.32 Å². The van der Waals surface area contributed by atoms with Gasteiger partial charge in [0.05, 0.1) is 4.92 Å². The van der Waals surface area contributed by atoms with Crippen molar-refractivity contribution in [2.24, 2.45) is 0 Å². The highest BCUT2D eigenvalue weighted by molar-refractivity contribution is 5.57. The van der Waals surface area contributed by atoms with Crippen LogP contribution in [0.5, 0.6) is 0 Å². The van der Waals surface area contributed by atoms with Crippen molar-refractivity contribution in [1.82, 2.24) is 0 Å². The number of halogens is 2. The Morgan fingerprint density at radius 3 is 2.39 bits per heavy atom. The molecule has 6 heteroatoms. The summed E-state index contributed by atoms with van der Waals surface area (Å²) in [4.78, 5) is 9.89. The van der Waals surface area contributed by atoms with Crippen LogP contribution in [0.2, 0.25) is 0 Å². The number of nitro benzene ring substituents is 1. The number of nitrogens with zero attached hydrogens (tertiary/aromatic N) is 1. The first kappa shape index (κ1) is 14.3. The Morgan fingerprint density at radius 2 is 1.94 bits per heavy atom. The lowest BCUT2D eigenvalue weighted by Gasteiger charge is -2.18. The van der Waals surface area contributed by atoms with Gasteiger partial charge in [0.1, 0.15) is 0 Å². The summed E-state index contributed by atoms with van der Waals surface area (Å²) in [6, 6.07) is 3.59. The molecule has 0 saturated carbocycles. The molecule has 0 unspecified atom stereocenters. The van der Waals surface area contributed by atoms with Gasteiger partial charge in [-0.05, 0) is 18.9 Å². The summed E-state index contributed by atoms with van der Waals surface area (Å²) >= 11 is 0. The van der Waals surface area contributed by atoms with Crippen LogP contribution >= 0.6 is 0 Å². The summed E-state index contributed by atoms with van der Waals surface area (Å²) in [7, 11) is 0. The average molecular weight is 258 g/mol. The average Bonchev–Trinajstić information content (AvgIpc) is 2.35. The summed E-state index contributed by atoms with van der Waals surface area (Å²) < 4.78 is 25.7. The van der Waals surface area contributed by atoms with Crippen molar-refractivity contribution < 1.29 is 13.7 Å². The molecule has 0 bridgehead atoms. The number of nitrogens with one attached hydrogen (secondary N) is 1. The zero-order chi connectivity index (χ0) is 13.7. The minimum Gasteiger partial charge on any atom is -0.382 e. The number of hydrogen-bond acceptors (Lipinski definition) is 3. The van der Waals surface area contributed by atoms with Crippen LogP contribution in [0, 0.1) is 10.1 Å². The summed E-state index contributed by atoms with van der Waals surface area (Å²) in [5, 5.41) is 13.6. The quantitative estimate of drug-likeness (QED) is 0.616. The molecular weight excluding hydrogens is 242 g/mol. The molecule has 0 aliphatic heterocycles. The Labute approximate surface area is 104 Å². The molecule has 0 heterocycles. The molecule has 0 fully saturated rings. The van der Waals surface area contributed by atoms with Crippen molar-refractivity contribution in [3.05, 3.63) is 33.9 Å². The third kappa shape index (κ3) is 3.38. The number of nitro groups is 1. The standard InChI is InChI=1S/C12H16F2N2O2/c1-3-8(4-2)15-11-6-5-9(16(17)18)7-10(11)12(13)14/h5-8,12,15H,3-4H2,1-2H3. The van der Waals surface area contributed by atoms with Crippen LogP contribution in [0.25, 0.3) is 0 Å². The molecule has 0 amide bonds. The fraction of sp³-hybridized carbons (Fsp3) is 0.500. The lowest BCUT2D eigenvalue weighted by molar-refractivity contribution is -0.385. The second-order valence-corrected chi connectivity index (χ2v) is 3.99. The lowest BCUT2D eigenvalue weighted by atomic mass is 10.1. The molecule has 1 rings (SSSR count).